The molecule has 0 radical (unpaired) electrons. The normalized spacial score (nSPS) is 10.7. The maximum absolute atomic E-state index is 5.88. The molecule has 0 atom stereocenters. The number of halogens is 1. The van der Waals surface area contributed by atoms with Crippen LogP contribution in [-0.2, 0) is 6.54 Å². The smallest absolute Gasteiger partial charge is 0.225 e. The van der Waals surface area contributed by atoms with Crippen molar-refractivity contribution in [2.75, 3.05) is 5.32 Å². The van der Waals surface area contributed by atoms with Gasteiger partial charge in [0.1, 0.15) is 10.6 Å². The van der Waals surface area contributed by atoms with Crippen molar-refractivity contribution in [3.05, 3.63) is 41.0 Å². The van der Waals surface area contributed by atoms with Crippen LogP contribution in [0.5, 0.6) is 0 Å². The summed E-state index contributed by atoms with van der Waals surface area (Å²) in [4.78, 5) is 17.4. The van der Waals surface area contributed by atoms with Crippen LogP contribution in [0.3, 0.4) is 0 Å². The van der Waals surface area contributed by atoms with Crippen LogP contribution in [-0.4, -0.2) is 19.9 Å². The molecule has 0 aromatic carbocycles. The van der Waals surface area contributed by atoms with Gasteiger partial charge in [-0.05, 0) is 23.0 Å². The van der Waals surface area contributed by atoms with Crippen molar-refractivity contribution in [1.82, 2.24) is 19.9 Å². The van der Waals surface area contributed by atoms with Gasteiger partial charge in [-0.15, -0.1) is 11.3 Å². The molecule has 0 aliphatic carbocycles. The Morgan fingerprint density at radius 1 is 1.28 bits per heavy atom. The topological polar surface area (TPSA) is 63.6 Å². The van der Waals surface area contributed by atoms with E-state index in [9.17, 15) is 0 Å². The Labute approximate surface area is 112 Å². The predicted molar refractivity (Wildman–Crippen MR) is 71.8 cm³/mol. The lowest BCUT2D eigenvalue weighted by atomic mass is 10.3. The van der Waals surface area contributed by atoms with Crippen LogP contribution in [0.25, 0.3) is 10.2 Å². The molecule has 90 valence electrons. The summed E-state index contributed by atoms with van der Waals surface area (Å²) in [6, 6.07) is 1.97. The van der Waals surface area contributed by atoms with Gasteiger partial charge in [-0.2, -0.15) is 0 Å². The molecule has 0 amide bonds. The second-order valence-electron chi connectivity index (χ2n) is 3.53. The fourth-order valence-electron chi connectivity index (χ4n) is 1.56. The zero-order valence-electron chi connectivity index (χ0n) is 9.17. The van der Waals surface area contributed by atoms with Crippen molar-refractivity contribution in [1.29, 1.82) is 0 Å². The minimum Gasteiger partial charge on any atom is -0.364 e. The van der Waals surface area contributed by atoms with Crippen molar-refractivity contribution in [2.45, 2.75) is 6.54 Å². The molecule has 0 saturated heterocycles. The van der Waals surface area contributed by atoms with Crippen LogP contribution in [0.1, 0.15) is 5.69 Å². The number of hydrogen-bond acceptors (Lipinski definition) is 6. The quantitative estimate of drug-likeness (QED) is 0.746. The van der Waals surface area contributed by atoms with Gasteiger partial charge in [0, 0.05) is 12.4 Å². The van der Waals surface area contributed by atoms with E-state index in [4.69, 9.17) is 11.6 Å². The number of nitrogens with zero attached hydrogens (tertiary/aromatic N) is 4. The van der Waals surface area contributed by atoms with E-state index in [2.05, 4.69) is 25.3 Å². The summed E-state index contributed by atoms with van der Waals surface area (Å²) in [6.07, 6.45) is 5.01. The van der Waals surface area contributed by atoms with Crippen LogP contribution in [0, 0.1) is 0 Å². The second kappa shape index (κ2) is 4.83. The molecule has 0 unspecified atom stereocenters. The highest BCUT2D eigenvalue weighted by molar-refractivity contribution is 7.16. The van der Waals surface area contributed by atoms with Crippen molar-refractivity contribution in [3.8, 4) is 0 Å². The number of hydrogen-bond donors (Lipinski definition) is 1. The molecule has 18 heavy (non-hydrogen) atoms. The standard InChI is InChI=1S/C11H8ClN5S/c12-11-16-9(8-1-4-18-10(8)17-11)15-6-7-5-13-2-3-14-7/h1-5H,6H2,(H,15,16,17). The Hall–Kier alpha value is -1.79. The molecule has 3 aromatic heterocycles. The molecule has 3 heterocycles. The molecule has 5 nitrogen and oxygen atoms in total. The summed E-state index contributed by atoms with van der Waals surface area (Å²) in [5.41, 5.74) is 0.843. The first-order valence-corrected chi connectivity index (χ1v) is 6.48. The van der Waals surface area contributed by atoms with Gasteiger partial charge in [0.25, 0.3) is 0 Å². The summed E-state index contributed by atoms with van der Waals surface area (Å²) in [7, 11) is 0. The fourth-order valence-corrected chi connectivity index (χ4v) is 2.54. The molecule has 3 aromatic rings. The molecule has 0 bridgehead atoms. The average Bonchev–Trinajstić information content (AvgIpc) is 2.85. The third-order valence-electron chi connectivity index (χ3n) is 2.35. The van der Waals surface area contributed by atoms with Crippen molar-refractivity contribution in [3.63, 3.8) is 0 Å². The van der Waals surface area contributed by atoms with E-state index in [0.29, 0.717) is 6.54 Å². The number of nitrogens with one attached hydrogen (secondary N) is 1. The highest BCUT2D eigenvalue weighted by Gasteiger charge is 2.07. The van der Waals surface area contributed by atoms with E-state index in [1.54, 1.807) is 18.6 Å². The lowest BCUT2D eigenvalue weighted by Crippen LogP contribution is -2.04. The van der Waals surface area contributed by atoms with Crippen molar-refractivity contribution >= 4 is 39.0 Å². The molecule has 1 N–H and O–H groups in total. The first-order valence-electron chi connectivity index (χ1n) is 5.22. The first kappa shape index (κ1) is 11.3. The monoisotopic (exact) mass is 277 g/mol. The van der Waals surface area contributed by atoms with Crippen LogP contribution in [0.15, 0.2) is 30.0 Å². The van der Waals surface area contributed by atoms with E-state index in [-0.39, 0.29) is 5.28 Å². The first-order chi connectivity index (χ1) is 8.83. The van der Waals surface area contributed by atoms with Crippen LogP contribution >= 0.6 is 22.9 Å². The van der Waals surface area contributed by atoms with Crippen LogP contribution in [0.4, 0.5) is 5.82 Å². The molecule has 7 heteroatoms. The lowest BCUT2D eigenvalue weighted by molar-refractivity contribution is 0.998. The Bertz CT molecular complexity index is 670. The van der Waals surface area contributed by atoms with E-state index in [1.807, 2.05) is 11.4 Å². The summed E-state index contributed by atoms with van der Waals surface area (Å²) in [5, 5.41) is 6.37. The summed E-state index contributed by atoms with van der Waals surface area (Å²) >= 11 is 7.41. The SMILES string of the molecule is Clc1nc(NCc2cnccn2)c2ccsc2n1. The van der Waals surface area contributed by atoms with Gasteiger partial charge < -0.3 is 5.32 Å². The Morgan fingerprint density at radius 2 is 2.22 bits per heavy atom. The maximum atomic E-state index is 5.88. The third-order valence-corrected chi connectivity index (χ3v) is 3.33. The van der Waals surface area contributed by atoms with Crippen molar-refractivity contribution in [2.24, 2.45) is 0 Å². The number of anilines is 1. The minimum atomic E-state index is 0.242. The van der Waals surface area contributed by atoms with E-state index in [0.717, 1.165) is 21.7 Å². The molecule has 0 aliphatic heterocycles. The Morgan fingerprint density at radius 3 is 3.06 bits per heavy atom. The highest BCUT2D eigenvalue weighted by atomic mass is 35.5. The zero-order chi connectivity index (χ0) is 12.4. The lowest BCUT2D eigenvalue weighted by Gasteiger charge is -2.06. The number of thiophene rings is 1. The summed E-state index contributed by atoms with van der Waals surface area (Å²) in [6.45, 7) is 0.548. The van der Waals surface area contributed by atoms with E-state index >= 15 is 0 Å². The number of rotatable bonds is 3. The van der Waals surface area contributed by atoms with Gasteiger partial charge in [0.2, 0.25) is 5.28 Å². The van der Waals surface area contributed by atoms with Gasteiger partial charge >= 0.3 is 0 Å². The maximum Gasteiger partial charge on any atom is 0.225 e. The Balaban J connectivity index is 1.88. The fraction of sp³-hybridized carbons (Fsp3) is 0.0909. The largest absolute Gasteiger partial charge is 0.364 e. The van der Waals surface area contributed by atoms with Gasteiger partial charge in [0.15, 0.2) is 0 Å². The summed E-state index contributed by atoms with van der Waals surface area (Å²) < 4.78 is 0. The molecule has 3 rings (SSSR count). The molecule has 0 fully saturated rings. The highest BCUT2D eigenvalue weighted by Crippen LogP contribution is 2.26. The second-order valence-corrected chi connectivity index (χ2v) is 4.76. The summed E-state index contributed by atoms with van der Waals surface area (Å²) in [5.74, 6) is 0.719. The van der Waals surface area contributed by atoms with Crippen LogP contribution < -0.4 is 5.32 Å². The molecule has 0 saturated carbocycles. The van der Waals surface area contributed by atoms with Crippen LogP contribution in [0.2, 0.25) is 5.28 Å². The molecule has 0 spiro atoms. The van der Waals surface area contributed by atoms with E-state index in [1.165, 1.54) is 11.3 Å². The number of fused-ring (bicyclic) bond motifs is 1. The minimum absolute atomic E-state index is 0.242. The Kier molecular flexibility index (Phi) is 3.04. The molecule has 0 aliphatic rings. The molecular weight excluding hydrogens is 270 g/mol. The van der Waals surface area contributed by atoms with Crippen molar-refractivity contribution < 1.29 is 0 Å². The zero-order valence-corrected chi connectivity index (χ0v) is 10.7. The van der Waals surface area contributed by atoms with Gasteiger partial charge in [-0.1, -0.05) is 0 Å². The average molecular weight is 278 g/mol. The van der Waals surface area contributed by atoms with Gasteiger partial charge in [-0.25, -0.2) is 9.97 Å². The van der Waals surface area contributed by atoms with E-state index < -0.39 is 0 Å². The number of aromatic nitrogens is 4. The third kappa shape index (κ3) is 2.25. The van der Waals surface area contributed by atoms with Gasteiger partial charge in [-0.3, -0.25) is 9.97 Å². The predicted octanol–water partition coefficient (Wildman–Crippen LogP) is 2.75. The van der Waals surface area contributed by atoms with Gasteiger partial charge in [0.05, 0.1) is 23.8 Å². The molecular formula is C11H8ClN5S.